The summed E-state index contributed by atoms with van der Waals surface area (Å²) >= 11 is 0. The van der Waals surface area contributed by atoms with Crippen LogP contribution in [-0.2, 0) is 16.6 Å². The quantitative estimate of drug-likeness (QED) is 0.338. The predicted molar refractivity (Wildman–Crippen MR) is 122 cm³/mol. The fourth-order valence-electron chi connectivity index (χ4n) is 3.13. The number of piperazine rings is 1. The van der Waals surface area contributed by atoms with Gasteiger partial charge in [-0.3, -0.25) is 9.89 Å². The number of sulfonamides is 1. The predicted octanol–water partition coefficient (Wildman–Crippen LogP) is 2.20. The summed E-state index contributed by atoms with van der Waals surface area (Å²) in [7, 11) is 0.946. The van der Waals surface area contributed by atoms with E-state index >= 15 is 0 Å². The molecule has 0 radical (unpaired) electrons. The topological polar surface area (TPSA) is 68.2 Å². The molecule has 2 rings (SSSR count). The maximum Gasteiger partial charge on any atom is 0.403 e. The number of hydrogen-bond acceptors (Lipinski definition) is 4. The van der Waals surface area contributed by atoms with Gasteiger partial charge >= 0.3 is 6.18 Å². The van der Waals surface area contributed by atoms with Crippen molar-refractivity contribution in [1.29, 1.82) is 0 Å². The molecule has 0 bridgehead atoms. The second-order valence-corrected chi connectivity index (χ2v) is 9.16. The number of halogens is 4. The molecule has 0 amide bonds. The first-order chi connectivity index (χ1) is 13.5. The Labute approximate surface area is 193 Å². The number of rotatable bonds is 5. The lowest BCUT2D eigenvalue weighted by molar-refractivity contribution is -0.181. The van der Waals surface area contributed by atoms with E-state index in [1.54, 1.807) is 31.3 Å². The first kappa shape index (κ1) is 26.9. The van der Waals surface area contributed by atoms with Gasteiger partial charge in [0.1, 0.15) is 6.04 Å². The molecular weight excluding hydrogens is 534 g/mol. The third-order valence-electron chi connectivity index (χ3n) is 5.02. The molecule has 0 saturated carbocycles. The highest BCUT2D eigenvalue weighted by molar-refractivity contribution is 14.0. The smallest absolute Gasteiger partial charge is 0.352 e. The second kappa shape index (κ2) is 11.0. The van der Waals surface area contributed by atoms with Gasteiger partial charge in [0.15, 0.2) is 5.96 Å². The molecule has 172 valence electrons. The SMILES string of the molecule is CN=C(NCc1ccccc1S(=O)(=O)N(C)C)N1CCN(C(C)C(F)(F)F)CC1.I. The molecule has 1 saturated heterocycles. The van der Waals surface area contributed by atoms with E-state index in [2.05, 4.69) is 10.3 Å². The van der Waals surface area contributed by atoms with Crippen molar-refractivity contribution in [2.24, 2.45) is 4.99 Å². The van der Waals surface area contributed by atoms with Crippen molar-refractivity contribution in [3.63, 3.8) is 0 Å². The van der Waals surface area contributed by atoms with Gasteiger partial charge in [0, 0.05) is 53.9 Å². The average Bonchev–Trinajstić information content (AvgIpc) is 2.67. The second-order valence-electron chi connectivity index (χ2n) is 7.04. The van der Waals surface area contributed by atoms with Crippen LogP contribution in [0.3, 0.4) is 0 Å². The first-order valence-electron chi connectivity index (χ1n) is 9.25. The number of hydrogen-bond donors (Lipinski definition) is 1. The Morgan fingerprint density at radius 3 is 2.27 bits per heavy atom. The lowest BCUT2D eigenvalue weighted by Crippen LogP contribution is -2.56. The fourth-order valence-corrected chi connectivity index (χ4v) is 4.25. The summed E-state index contributed by atoms with van der Waals surface area (Å²) in [5.74, 6) is 0.529. The zero-order valence-electron chi connectivity index (χ0n) is 17.5. The number of nitrogens with one attached hydrogen (secondary N) is 1. The zero-order chi connectivity index (χ0) is 21.8. The van der Waals surface area contributed by atoms with E-state index in [1.807, 2.05) is 4.90 Å². The highest BCUT2D eigenvalue weighted by atomic mass is 127. The van der Waals surface area contributed by atoms with Crippen LogP contribution in [0.1, 0.15) is 12.5 Å². The van der Waals surface area contributed by atoms with E-state index in [-0.39, 0.29) is 48.5 Å². The van der Waals surface area contributed by atoms with E-state index in [9.17, 15) is 21.6 Å². The van der Waals surface area contributed by atoms with Gasteiger partial charge < -0.3 is 10.2 Å². The number of nitrogens with zero attached hydrogens (tertiary/aromatic N) is 4. The van der Waals surface area contributed by atoms with Gasteiger partial charge in [-0.1, -0.05) is 18.2 Å². The molecule has 1 unspecified atom stereocenters. The van der Waals surface area contributed by atoms with Crippen LogP contribution in [0.4, 0.5) is 13.2 Å². The van der Waals surface area contributed by atoms with Crippen molar-refractivity contribution in [2.45, 2.75) is 30.6 Å². The molecule has 0 aliphatic carbocycles. The van der Waals surface area contributed by atoms with Gasteiger partial charge in [-0.05, 0) is 18.6 Å². The molecule has 1 fully saturated rings. The third kappa shape index (κ3) is 6.44. The summed E-state index contributed by atoms with van der Waals surface area (Å²) in [6, 6.07) is 5.20. The normalized spacial score (nSPS) is 17.6. The first-order valence-corrected chi connectivity index (χ1v) is 10.7. The fraction of sp³-hybridized carbons (Fsp3) is 0.611. The number of alkyl halides is 3. The zero-order valence-corrected chi connectivity index (χ0v) is 20.6. The molecule has 1 aromatic carbocycles. The van der Waals surface area contributed by atoms with Crippen LogP contribution in [0, 0.1) is 0 Å². The highest BCUT2D eigenvalue weighted by Crippen LogP contribution is 2.25. The molecule has 12 heteroatoms. The molecule has 7 nitrogen and oxygen atoms in total. The summed E-state index contributed by atoms with van der Waals surface area (Å²) in [6.07, 6.45) is -4.25. The van der Waals surface area contributed by atoms with Crippen molar-refractivity contribution in [3.05, 3.63) is 29.8 Å². The van der Waals surface area contributed by atoms with Gasteiger partial charge in [-0.15, -0.1) is 24.0 Å². The summed E-state index contributed by atoms with van der Waals surface area (Å²) in [5.41, 5.74) is 0.590. The Kier molecular flexibility index (Phi) is 9.83. The Morgan fingerprint density at radius 2 is 1.77 bits per heavy atom. The minimum atomic E-state index is -4.25. The number of guanidine groups is 1. The van der Waals surface area contributed by atoms with E-state index in [4.69, 9.17) is 0 Å². The molecule has 1 heterocycles. The van der Waals surface area contributed by atoms with Crippen LogP contribution >= 0.6 is 24.0 Å². The molecule has 0 spiro atoms. The summed E-state index contributed by atoms with van der Waals surface area (Å²) in [5, 5.41) is 3.13. The highest BCUT2D eigenvalue weighted by Gasteiger charge is 2.41. The Balaban J connectivity index is 0.00000450. The maximum absolute atomic E-state index is 12.9. The molecule has 30 heavy (non-hydrogen) atoms. The van der Waals surface area contributed by atoms with Crippen LogP contribution in [0.2, 0.25) is 0 Å². The monoisotopic (exact) mass is 563 g/mol. The lowest BCUT2D eigenvalue weighted by Gasteiger charge is -2.39. The molecular formula is C18H29F3IN5O2S. The van der Waals surface area contributed by atoms with Crippen molar-refractivity contribution < 1.29 is 21.6 Å². The van der Waals surface area contributed by atoms with Crippen molar-refractivity contribution >= 4 is 40.0 Å². The summed E-state index contributed by atoms with van der Waals surface area (Å²) in [6.45, 7) is 2.75. The van der Waals surface area contributed by atoms with Crippen LogP contribution in [0.25, 0.3) is 0 Å². The molecule has 1 aromatic rings. The van der Waals surface area contributed by atoms with E-state index in [1.165, 1.54) is 25.9 Å². The summed E-state index contributed by atoms with van der Waals surface area (Å²) < 4.78 is 64.9. The largest absolute Gasteiger partial charge is 0.403 e. The maximum atomic E-state index is 12.9. The lowest BCUT2D eigenvalue weighted by atomic mass is 10.2. The van der Waals surface area contributed by atoms with Gasteiger partial charge in [-0.2, -0.15) is 13.2 Å². The van der Waals surface area contributed by atoms with Crippen LogP contribution in [-0.4, -0.2) is 88.0 Å². The standard InChI is InChI=1S/C18H28F3N5O2S.HI/c1-14(18(19,20)21)25-9-11-26(12-10-25)17(22-2)23-13-15-7-5-6-8-16(15)29(27,28)24(3)4;/h5-8,14H,9-13H2,1-4H3,(H,22,23);1H. The molecule has 0 aromatic heterocycles. The minimum Gasteiger partial charge on any atom is -0.352 e. The van der Waals surface area contributed by atoms with Gasteiger partial charge in [0.2, 0.25) is 10.0 Å². The molecule has 1 aliphatic heterocycles. The number of aliphatic imine (C=N–C) groups is 1. The Morgan fingerprint density at radius 1 is 1.20 bits per heavy atom. The van der Waals surface area contributed by atoms with Crippen molar-refractivity contribution in [2.75, 3.05) is 47.3 Å². The third-order valence-corrected chi connectivity index (χ3v) is 6.93. The van der Waals surface area contributed by atoms with Crippen molar-refractivity contribution in [1.82, 2.24) is 19.4 Å². The van der Waals surface area contributed by atoms with Gasteiger partial charge in [-0.25, -0.2) is 12.7 Å². The Bertz CT molecular complexity index is 825. The molecule has 1 N–H and O–H groups in total. The van der Waals surface area contributed by atoms with Crippen molar-refractivity contribution in [3.8, 4) is 0 Å². The average molecular weight is 563 g/mol. The van der Waals surface area contributed by atoms with Crippen LogP contribution < -0.4 is 5.32 Å². The summed E-state index contributed by atoms with van der Waals surface area (Å²) in [4.78, 5) is 7.69. The van der Waals surface area contributed by atoms with E-state index in [0.717, 1.165) is 4.31 Å². The molecule has 1 atom stereocenters. The molecule has 1 aliphatic rings. The van der Waals surface area contributed by atoms with Gasteiger partial charge in [0.25, 0.3) is 0 Å². The minimum absolute atomic E-state index is 0. The van der Waals surface area contributed by atoms with Gasteiger partial charge in [0.05, 0.1) is 4.90 Å². The van der Waals surface area contributed by atoms with Crippen LogP contribution in [0.15, 0.2) is 34.2 Å². The number of benzene rings is 1. The van der Waals surface area contributed by atoms with Crippen LogP contribution in [0.5, 0.6) is 0 Å². The van der Waals surface area contributed by atoms with E-state index in [0.29, 0.717) is 24.6 Å². The Hall–Kier alpha value is -1.12. The van der Waals surface area contributed by atoms with E-state index < -0.39 is 22.2 Å².